The molecule has 1 aliphatic carbocycles. The summed E-state index contributed by atoms with van der Waals surface area (Å²) in [6.07, 6.45) is -2.59. The molecular formula is C37H23F3IrN2-2. The monoisotopic (exact) mass is 745 g/mol. The minimum atomic E-state index is -4.41. The van der Waals surface area contributed by atoms with E-state index in [1.54, 1.807) is 36.4 Å². The van der Waals surface area contributed by atoms with Crippen molar-refractivity contribution in [3.8, 4) is 22.4 Å². The number of fused-ring (bicyclic) bond motifs is 7. The summed E-state index contributed by atoms with van der Waals surface area (Å²) >= 11 is 0. The maximum Gasteiger partial charge on any atom is 0.400 e. The first-order chi connectivity index (χ1) is 20.3. The zero-order chi connectivity index (χ0) is 28.9. The average Bonchev–Trinajstić information content (AvgIpc) is 3.30. The second kappa shape index (κ2) is 11.0. The first-order valence-corrected chi connectivity index (χ1v) is 13.6. The summed E-state index contributed by atoms with van der Waals surface area (Å²) in [6, 6.07) is 42.0. The van der Waals surface area contributed by atoms with E-state index in [-0.39, 0.29) is 31.2 Å². The van der Waals surface area contributed by atoms with E-state index < -0.39 is 11.6 Å². The van der Waals surface area contributed by atoms with E-state index in [2.05, 4.69) is 46.4 Å². The van der Waals surface area contributed by atoms with E-state index in [1.165, 1.54) is 17.7 Å². The van der Waals surface area contributed by atoms with Gasteiger partial charge in [-0.1, -0.05) is 83.9 Å². The fourth-order valence-electron chi connectivity index (χ4n) is 5.83. The van der Waals surface area contributed by atoms with Crippen LogP contribution in [-0.2, 0) is 25.5 Å². The molecule has 43 heavy (non-hydrogen) atoms. The van der Waals surface area contributed by atoms with Gasteiger partial charge in [0.05, 0.1) is 10.9 Å². The number of alkyl halides is 3. The van der Waals surface area contributed by atoms with Crippen molar-refractivity contribution in [3.63, 3.8) is 0 Å². The fraction of sp³-hybridized carbons (Fsp3) is 0.0811. The van der Waals surface area contributed by atoms with Crippen molar-refractivity contribution in [1.29, 1.82) is 0 Å². The molecule has 7 aromatic rings. The number of pyridine rings is 2. The Labute approximate surface area is 260 Å². The Hall–Kier alpha value is -4.38. The molecule has 213 valence electrons. The molecule has 2 heterocycles. The van der Waals surface area contributed by atoms with Crippen molar-refractivity contribution in [2.45, 2.75) is 18.5 Å². The van der Waals surface area contributed by atoms with Crippen molar-refractivity contribution in [2.75, 3.05) is 0 Å². The summed E-state index contributed by atoms with van der Waals surface area (Å²) in [6.45, 7) is 1.26. The zero-order valence-electron chi connectivity index (χ0n) is 22.9. The number of hydrogen-bond acceptors (Lipinski definition) is 2. The number of aromatic nitrogens is 2. The van der Waals surface area contributed by atoms with Crippen molar-refractivity contribution in [2.24, 2.45) is 0 Å². The molecule has 0 amide bonds. The molecule has 0 saturated carbocycles. The van der Waals surface area contributed by atoms with Gasteiger partial charge in [0.25, 0.3) is 0 Å². The molecule has 2 nitrogen and oxygen atoms in total. The molecule has 1 radical (unpaired) electrons. The molecule has 0 fully saturated rings. The molecular weight excluding hydrogens is 722 g/mol. The van der Waals surface area contributed by atoms with Crippen LogP contribution in [0.1, 0.15) is 18.1 Å². The molecule has 5 aromatic carbocycles. The van der Waals surface area contributed by atoms with E-state index in [1.807, 2.05) is 60.8 Å². The number of benzene rings is 5. The van der Waals surface area contributed by atoms with Gasteiger partial charge in [0.15, 0.2) is 0 Å². The predicted octanol–water partition coefficient (Wildman–Crippen LogP) is 9.74. The van der Waals surface area contributed by atoms with Crippen LogP contribution in [0.15, 0.2) is 121 Å². The van der Waals surface area contributed by atoms with E-state index in [0.29, 0.717) is 22.4 Å². The molecule has 1 atom stereocenters. The number of halogens is 3. The summed E-state index contributed by atoms with van der Waals surface area (Å²) in [7, 11) is 0. The zero-order valence-corrected chi connectivity index (χ0v) is 25.3. The standard InChI is InChI=1S/C24H15F3N.C13H8N.Ir/c1-23(24(25,26)27)19-8-4-3-7-17(19)18-12-10-16(14-20(18)23)22-13-11-15-6-2-5-9-21(15)28-22;1-2-6-12-10(4-1)7-8-11-5-3-9-14-13(11)12;/h2-9,11-14H,1H3;1-5,7-9H;/q2*-1;. The van der Waals surface area contributed by atoms with Crippen LogP contribution in [0.25, 0.3) is 55.0 Å². The number of para-hydroxylation sites is 1. The Kier molecular flexibility index (Phi) is 7.37. The van der Waals surface area contributed by atoms with E-state index in [4.69, 9.17) is 0 Å². The quantitative estimate of drug-likeness (QED) is 0.124. The molecule has 1 unspecified atom stereocenters. The Balaban J connectivity index is 0.000000184. The first kappa shape index (κ1) is 28.7. The van der Waals surface area contributed by atoms with E-state index in [9.17, 15) is 13.2 Å². The van der Waals surface area contributed by atoms with Crippen LogP contribution in [0.4, 0.5) is 13.2 Å². The van der Waals surface area contributed by atoms with Crippen LogP contribution in [-0.4, -0.2) is 16.1 Å². The molecule has 2 aromatic heterocycles. The molecule has 6 heteroatoms. The van der Waals surface area contributed by atoms with Crippen molar-refractivity contribution >= 4 is 32.6 Å². The Bertz CT molecular complexity index is 2070. The maximum atomic E-state index is 14.2. The van der Waals surface area contributed by atoms with Crippen LogP contribution in [0.3, 0.4) is 0 Å². The van der Waals surface area contributed by atoms with Crippen LogP contribution in [0.2, 0.25) is 0 Å². The maximum absolute atomic E-state index is 14.2. The van der Waals surface area contributed by atoms with Gasteiger partial charge < -0.3 is 4.98 Å². The van der Waals surface area contributed by atoms with Gasteiger partial charge in [-0.2, -0.15) is 13.2 Å². The SMILES string of the molecule is CC1(C(F)(F)F)c2ccccc2-c2c[c-]c(-c3ccc4ccccc4n3)cc21.[Ir].[c-]1cccc2ccc3cccnc3c12. The molecule has 0 N–H and O–H groups in total. The van der Waals surface area contributed by atoms with E-state index >= 15 is 0 Å². The predicted molar refractivity (Wildman–Crippen MR) is 162 cm³/mol. The molecule has 0 aliphatic heterocycles. The minimum absolute atomic E-state index is 0. The van der Waals surface area contributed by atoms with Crippen LogP contribution >= 0.6 is 0 Å². The normalized spacial score (nSPS) is 15.3. The molecule has 0 saturated heterocycles. The smallest absolute Gasteiger partial charge is 0.304 e. The summed E-state index contributed by atoms with van der Waals surface area (Å²) in [5.41, 5.74) is 2.70. The third kappa shape index (κ3) is 4.81. The summed E-state index contributed by atoms with van der Waals surface area (Å²) < 4.78 is 42.7. The number of nitrogens with zero attached hydrogens (tertiary/aromatic N) is 2. The Morgan fingerprint density at radius 1 is 0.698 bits per heavy atom. The topological polar surface area (TPSA) is 25.8 Å². The average molecular weight is 745 g/mol. The van der Waals surface area contributed by atoms with Crippen LogP contribution < -0.4 is 0 Å². The summed E-state index contributed by atoms with van der Waals surface area (Å²) in [4.78, 5) is 9.00. The Morgan fingerprint density at radius 3 is 2.28 bits per heavy atom. The second-order valence-corrected chi connectivity index (χ2v) is 10.5. The third-order valence-corrected chi connectivity index (χ3v) is 8.09. The number of hydrogen-bond donors (Lipinski definition) is 0. The van der Waals surface area contributed by atoms with Gasteiger partial charge in [-0.05, 0) is 46.6 Å². The van der Waals surface area contributed by atoms with Gasteiger partial charge in [-0.15, -0.1) is 64.4 Å². The van der Waals surface area contributed by atoms with Crippen molar-refractivity contribution in [3.05, 3.63) is 145 Å². The number of rotatable bonds is 1. The van der Waals surface area contributed by atoms with Gasteiger partial charge in [-0.25, -0.2) is 0 Å². The Morgan fingerprint density at radius 2 is 1.42 bits per heavy atom. The summed E-state index contributed by atoms with van der Waals surface area (Å²) in [5.74, 6) is 0. The van der Waals surface area contributed by atoms with Crippen LogP contribution in [0, 0.1) is 12.1 Å². The fourth-order valence-corrected chi connectivity index (χ4v) is 5.83. The molecule has 1 aliphatic rings. The molecule has 8 rings (SSSR count). The largest absolute Gasteiger partial charge is 0.400 e. The molecule has 0 bridgehead atoms. The van der Waals surface area contributed by atoms with Gasteiger partial charge in [0.2, 0.25) is 0 Å². The first-order valence-electron chi connectivity index (χ1n) is 13.6. The second-order valence-electron chi connectivity index (χ2n) is 10.5. The van der Waals surface area contributed by atoms with Crippen LogP contribution in [0.5, 0.6) is 0 Å². The third-order valence-electron chi connectivity index (χ3n) is 8.09. The summed E-state index contributed by atoms with van der Waals surface area (Å²) in [5, 5.41) is 4.45. The van der Waals surface area contributed by atoms with Gasteiger partial charge in [0, 0.05) is 26.3 Å². The van der Waals surface area contributed by atoms with Gasteiger partial charge in [-0.3, -0.25) is 4.98 Å². The van der Waals surface area contributed by atoms with E-state index in [0.717, 1.165) is 21.8 Å². The van der Waals surface area contributed by atoms with Gasteiger partial charge in [0.1, 0.15) is 0 Å². The minimum Gasteiger partial charge on any atom is -0.304 e. The molecule has 0 spiro atoms. The van der Waals surface area contributed by atoms with Crippen molar-refractivity contribution < 1.29 is 33.3 Å². The van der Waals surface area contributed by atoms with Crippen molar-refractivity contribution in [1.82, 2.24) is 9.97 Å². The van der Waals surface area contributed by atoms with Gasteiger partial charge >= 0.3 is 6.18 Å².